The Morgan fingerprint density at radius 2 is 1.90 bits per heavy atom. The molecule has 154 valence electrons. The van der Waals surface area contributed by atoms with Crippen molar-refractivity contribution in [1.82, 2.24) is 4.98 Å². The lowest BCUT2D eigenvalue weighted by atomic mass is 9.86. The van der Waals surface area contributed by atoms with Crippen LogP contribution in [0.4, 0.5) is 11.4 Å². The number of azo groups is 1. The number of rotatable bonds is 4. The Kier molecular flexibility index (Phi) is 4.64. The van der Waals surface area contributed by atoms with Crippen LogP contribution in [0, 0.1) is 16.0 Å². The highest BCUT2D eigenvalue weighted by atomic mass is 16.6. The quantitative estimate of drug-likeness (QED) is 0.338. The molecule has 1 heterocycles. The van der Waals surface area contributed by atoms with Gasteiger partial charge in [0.15, 0.2) is 5.69 Å². The number of amides is 1. The first kappa shape index (κ1) is 19.8. The number of aromatic nitrogens is 1. The van der Waals surface area contributed by atoms with E-state index in [1.54, 1.807) is 0 Å². The molecule has 1 aromatic heterocycles. The number of fused-ring (bicyclic) bond motifs is 1. The first-order chi connectivity index (χ1) is 14.1. The van der Waals surface area contributed by atoms with Gasteiger partial charge < -0.3 is 10.1 Å². The number of benzene rings is 2. The molecular formula is C22H22N4O4. The monoisotopic (exact) mass is 406 g/mol. The fourth-order valence-electron chi connectivity index (χ4n) is 3.61. The summed E-state index contributed by atoms with van der Waals surface area (Å²) in [6, 6.07) is 12.4. The van der Waals surface area contributed by atoms with Crippen molar-refractivity contribution in [3.8, 4) is 5.88 Å². The van der Waals surface area contributed by atoms with Gasteiger partial charge in [-0.15, -0.1) is 10.2 Å². The summed E-state index contributed by atoms with van der Waals surface area (Å²) < 4.78 is 0. The van der Waals surface area contributed by atoms with Crippen molar-refractivity contribution in [2.24, 2.45) is 16.1 Å². The average Bonchev–Trinajstić information content (AvgIpc) is 3.43. The van der Waals surface area contributed by atoms with Crippen LogP contribution in [0.2, 0.25) is 0 Å². The Morgan fingerprint density at radius 3 is 2.53 bits per heavy atom. The van der Waals surface area contributed by atoms with Crippen molar-refractivity contribution in [2.75, 3.05) is 0 Å². The van der Waals surface area contributed by atoms with Crippen molar-refractivity contribution < 1.29 is 14.8 Å². The van der Waals surface area contributed by atoms with Crippen molar-refractivity contribution in [2.45, 2.75) is 38.5 Å². The van der Waals surface area contributed by atoms with E-state index >= 15 is 0 Å². The average molecular weight is 406 g/mol. The maximum Gasteiger partial charge on any atom is 0.270 e. The van der Waals surface area contributed by atoms with Gasteiger partial charge in [-0.3, -0.25) is 14.9 Å². The number of hydrogen-bond acceptors (Lipinski definition) is 5. The van der Waals surface area contributed by atoms with Crippen LogP contribution in [-0.2, 0) is 10.2 Å². The van der Waals surface area contributed by atoms with Crippen LogP contribution in [0.1, 0.15) is 44.2 Å². The minimum Gasteiger partial charge on any atom is -0.493 e. The molecule has 1 aliphatic carbocycles. The van der Waals surface area contributed by atoms with Crippen molar-refractivity contribution >= 4 is 28.2 Å². The number of aromatic amines is 1. The highest BCUT2D eigenvalue weighted by Gasteiger charge is 2.44. The Hall–Kier alpha value is -3.55. The second-order valence-electron chi connectivity index (χ2n) is 8.67. The largest absolute Gasteiger partial charge is 0.493 e. The molecule has 3 aromatic rings. The maximum absolute atomic E-state index is 12.5. The Balaban J connectivity index is 1.50. The van der Waals surface area contributed by atoms with E-state index < -0.39 is 4.92 Å². The molecule has 1 amide bonds. The molecule has 0 aliphatic heterocycles. The molecule has 2 atom stereocenters. The lowest BCUT2D eigenvalue weighted by Gasteiger charge is -2.19. The number of aromatic hydroxyl groups is 1. The van der Waals surface area contributed by atoms with Crippen LogP contribution in [0.5, 0.6) is 5.88 Å². The van der Waals surface area contributed by atoms with Crippen molar-refractivity contribution in [3.05, 3.63) is 63.7 Å². The SMILES string of the molecule is CC(C)(C)c1ccc([C@@H]2C[C@H]2C(=O)N=Nc2c(O)[nH]c3ccc([N+](=O)[O-])cc23)cc1. The second kappa shape index (κ2) is 7.05. The fraction of sp³-hybridized carbons (Fsp3) is 0.318. The molecule has 2 aromatic carbocycles. The number of nitrogens with one attached hydrogen (secondary N) is 1. The molecule has 1 saturated carbocycles. The molecule has 0 bridgehead atoms. The number of carbonyl (C=O) groups excluding carboxylic acids is 1. The topological polar surface area (TPSA) is 121 Å². The molecular weight excluding hydrogens is 384 g/mol. The molecule has 1 aliphatic rings. The maximum atomic E-state index is 12.5. The number of nitro groups is 1. The normalized spacial score (nSPS) is 18.8. The summed E-state index contributed by atoms with van der Waals surface area (Å²) in [5.41, 5.74) is 2.77. The fourth-order valence-corrected chi connectivity index (χ4v) is 3.61. The number of H-pyrrole nitrogens is 1. The first-order valence-electron chi connectivity index (χ1n) is 9.70. The zero-order valence-electron chi connectivity index (χ0n) is 16.9. The zero-order valence-corrected chi connectivity index (χ0v) is 16.9. The number of non-ortho nitro benzene ring substituents is 1. The highest BCUT2D eigenvalue weighted by molar-refractivity contribution is 5.96. The van der Waals surface area contributed by atoms with Gasteiger partial charge in [0.2, 0.25) is 5.88 Å². The van der Waals surface area contributed by atoms with Gasteiger partial charge in [-0.05, 0) is 34.9 Å². The van der Waals surface area contributed by atoms with Gasteiger partial charge in [0.25, 0.3) is 11.6 Å². The Bertz CT molecular complexity index is 1170. The number of carbonyl (C=O) groups is 1. The smallest absolute Gasteiger partial charge is 0.270 e. The second-order valence-corrected chi connectivity index (χ2v) is 8.67. The van der Waals surface area contributed by atoms with Crippen molar-refractivity contribution in [1.29, 1.82) is 0 Å². The van der Waals surface area contributed by atoms with Gasteiger partial charge >= 0.3 is 0 Å². The molecule has 4 rings (SSSR count). The standard InChI is InChI=1S/C22H22N4O4/c1-22(2,3)13-6-4-12(5-7-13)15-11-16(15)20(27)25-24-19-17-10-14(26(29)30)8-9-18(17)23-21(19)28/h4-10,15-16,23,28H,11H2,1-3H3/t15-,16+/m0/s1. The van der Waals surface area contributed by atoms with Crippen LogP contribution in [-0.4, -0.2) is 20.9 Å². The van der Waals surface area contributed by atoms with Crippen LogP contribution in [0.15, 0.2) is 52.7 Å². The van der Waals surface area contributed by atoms with E-state index in [1.165, 1.54) is 23.8 Å². The zero-order chi connectivity index (χ0) is 21.6. The summed E-state index contributed by atoms with van der Waals surface area (Å²) >= 11 is 0. The lowest BCUT2D eigenvalue weighted by molar-refractivity contribution is -0.384. The highest BCUT2D eigenvalue weighted by Crippen LogP contribution is 2.49. The summed E-state index contributed by atoms with van der Waals surface area (Å²) in [4.78, 5) is 25.6. The van der Waals surface area contributed by atoms with Crippen LogP contribution >= 0.6 is 0 Å². The lowest BCUT2D eigenvalue weighted by Crippen LogP contribution is -2.10. The van der Waals surface area contributed by atoms with E-state index in [2.05, 4.69) is 60.2 Å². The molecule has 8 heteroatoms. The molecule has 0 saturated heterocycles. The molecule has 2 N–H and O–H groups in total. The third-order valence-electron chi connectivity index (χ3n) is 5.51. The minimum absolute atomic E-state index is 0.0220. The molecule has 30 heavy (non-hydrogen) atoms. The summed E-state index contributed by atoms with van der Waals surface area (Å²) in [6.07, 6.45) is 0.706. The Labute approximate surface area is 172 Å². The van der Waals surface area contributed by atoms with Gasteiger partial charge in [0, 0.05) is 23.4 Å². The van der Waals surface area contributed by atoms with Crippen LogP contribution in [0.3, 0.4) is 0 Å². The first-order valence-corrected chi connectivity index (χ1v) is 9.70. The number of hydrogen-bond donors (Lipinski definition) is 2. The van der Waals surface area contributed by atoms with Crippen LogP contribution < -0.4 is 0 Å². The molecule has 0 radical (unpaired) electrons. The van der Waals surface area contributed by atoms with Crippen LogP contribution in [0.25, 0.3) is 10.9 Å². The van der Waals surface area contributed by atoms with E-state index in [1.807, 2.05) is 0 Å². The summed E-state index contributed by atoms with van der Waals surface area (Å²) in [5, 5.41) is 29.1. The molecule has 0 spiro atoms. The summed E-state index contributed by atoms with van der Waals surface area (Å²) in [6.45, 7) is 6.46. The van der Waals surface area contributed by atoms with Gasteiger partial charge in [0.05, 0.1) is 10.4 Å². The predicted molar refractivity (Wildman–Crippen MR) is 112 cm³/mol. The third kappa shape index (κ3) is 3.68. The van der Waals surface area contributed by atoms with Gasteiger partial charge in [0.1, 0.15) is 0 Å². The third-order valence-corrected chi connectivity index (χ3v) is 5.51. The summed E-state index contributed by atoms with van der Waals surface area (Å²) in [5.74, 6) is -0.773. The predicted octanol–water partition coefficient (Wildman–Crippen LogP) is 5.49. The van der Waals surface area contributed by atoms with Crippen molar-refractivity contribution in [3.63, 3.8) is 0 Å². The van der Waals surface area contributed by atoms with Gasteiger partial charge in [-0.1, -0.05) is 45.0 Å². The number of nitrogens with zero attached hydrogens (tertiary/aromatic N) is 3. The number of nitro benzene ring substituents is 1. The van der Waals surface area contributed by atoms with E-state index in [4.69, 9.17) is 0 Å². The van der Waals surface area contributed by atoms with E-state index in [-0.39, 0.29) is 40.4 Å². The van der Waals surface area contributed by atoms with E-state index in [0.717, 1.165) is 5.56 Å². The van der Waals surface area contributed by atoms with E-state index in [9.17, 15) is 20.0 Å². The minimum atomic E-state index is -0.532. The molecule has 0 unspecified atom stereocenters. The van der Waals surface area contributed by atoms with E-state index in [0.29, 0.717) is 17.3 Å². The molecule has 1 fully saturated rings. The molecule has 8 nitrogen and oxygen atoms in total. The Morgan fingerprint density at radius 1 is 1.20 bits per heavy atom. The van der Waals surface area contributed by atoms with Gasteiger partial charge in [-0.2, -0.15) is 0 Å². The summed E-state index contributed by atoms with van der Waals surface area (Å²) in [7, 11) is 0. The van der Waals surface area contributed by atoms with Gasteiger partial charge in [-0.25, -0.2) is 0 Å².